The summed E-state index contributed by atoms with van der Waals surface area (Å²) in [6.07, 6.45) is 15.6. The quantitative estimate of drug-likeness (QED) is 0.322. The largest absolute Gasteiger partial charge is 0.179 e. The molecule has 0 heterocycles. The molecule has 0 aliphatic rings. The monoisotopic (exact) mass is 244 g/mol. The maximum absolute atomic E-state index is 4.23. The van der Waals surface area contributed by atoms with Crippen molar-refractivity contribution < 1.29 is 0 Å². The van der Waals surface area contributed by atoms with Gasteiger partial charge >= 0.3 is 0 Å². The van der Waals surface area contributed by atoms with Crippen molar-refractivity contribution in [2.24, 2.45) is 5.92 Å². The standard InChI is InChI=1S/C15H32S/c1-3-15(2)13-11-9-7-5-4-6-8-10-12-14-16/h15-16H,3-14H2,1-2H3. The Kier molecular flexibility index (Phi) is 13.7. The Morgan fingerprint density at radius 3 is 1.62 bits per heavy atom. The van der Waals surface area contributed by atoms with Gasteiger partial charge in [-0.2, -0.15) is 12.6 Å². The lowest BCUT2D eigenvalue weighted by Crippen LogP contribution is -1.91. The number of hydrogen-bond donors (Lipinski definition) is 1. The molecule has 1 atom stereocenters. The van der Waals surface area contributed by atoms with Crippen LogP contribution in [0.15, 0.2) is 0 Å². The maximum atomic E-state index is 4.23. The average molecular weight is 244 g/mol. The summed E-state index contributed by atoms with van der Waals surface area (Å²) in [5.74, 6) is 2.01. The third-order valence-corrected chi connectivity index (χ3v) is 3.87. The minimum atomic E-state index is 0.946. The van der Waals surface area contributed by atoms with Gasteiger partial charge in [-0.15, -0.1) is 0 Å². The Hall–Kier alpha value is 0.350. The fraction of sp³-hybridized carbons (Fsp3) is 1.00. The van der Waals surface area contributed by atoms with Gasteiger partial charge in [-0.05, 0) is 18.1 Å². The van der Waals surface area contributed by atoms with Crippen molar-refractivity contribution in [3.05, 3.63) is 0 Å². The summed E-state index contributed by atoms with van der Waals surface area (Å²) in [5.41, 5.74) is 0. The Labute approximate surface area is 109 Å². The molecule has 0 aliphatic carbocycles. The summed E-state index contributed by atoms with van der Waals surface area (Å²) in [6, 6.07) is 0. The molecule has 0 aliphatic heterocycles. The van der Waals surface area contributed by atoms with Crippen LogP contribution in [0.4, 0.5) is 0 Å². The lowest BCUT2D eigenvalue weighted by atomic mass is 9.99. The van der Waals surface area contributed by atoms with Gasteiger partial charge in [-0.1, -0.05) is 78.1 Å². The van der Waals surface area contributed by atoms with Gasteiger partial charge in [-0.25, -0.2) is 0 Å². The highest BCUT2D eigenvalue weighted by molar-refractivity contribution is 7.80. The summed E-state index contributed by atoms with van der Waals surface area (Å²) >= 11 is 4.23. The molecular formula is C15H32S. The van der Waals surface area contributed by atoms with E-state index in [1.54, 1.807) is 0 Å². The predicted molar refractivity (Wildman–Crippen MR) is 79.5 cm³/mol. The molecule has 0 fully saturated rings. The highest BCUT2D eigenvalue weighted by atomic mass is 32.1. The molecule has 0 aromatic carbocycles. The van der Waals surface area contributed by atoms with Crippen LogP contribution in [0.2, 0.25) is 0 Å². The van der Waals surface area contributed by atoms with Gasteiger partial charge in [0.15, 0.2) is 0 Å². The summed E-state index contributed by atoms with van der Waals surface area (Å²) in [5, 5.41) is 0. The molecule has 0 aromatic heterocycles. The Balaban J connectivity index is 2.93. The van der Waals surface area contributed by atoms with E-state index in [1.807, 2.05) is 0 Å². The van der Waals surface area contributed by atoms with Gasteiger partial charge in [0.25, 0.3) is 0 Å². The fourth-order valence-corrected chi connectivity index (χ4v) is 2.27. The Morgan fingerprint density at radius 2 is 1.19 bits per heavy atom. The number of rotatable bonds is 12. The van der Waals surface area contributed by atoms with Crippen LogP contribution in [0.25, 0.3) is 0 Å². The highest BCUT2D eigenvalue weighted by Crippen LogP contribution is 2.14. The van der Waals surface area contributed by atoms with Crippen molar-refractivity contribution in [3.8, 4) is 0 Å². The summed E-state index contributed by atoms with van der Waals surface area (Å²) < 4.78 is 0. The fourth-order valence-electron chi connectivity index (χ4n) is 2.05. The van der Waals surface area contributed by atoms with E-state index in [0.717, 1.165) is 11.7 Å². The zero-order valence-electron chi connectivity index (χ0n) is 11.5. The van der Waals surface area contributed by atoms with E-state index in [1.165, 1.54) is 70.6 Å². The van der Waals surface area contributed by atoms with Crippen molar-refractivity contribution in [1.29, 1.82) is 0 Å². The normalized spacial score (nSPS) is 12.9. The van der Waals surface area contributed by atoms with E-state index >= 15 is 0 Å². The average Bonchev–Trinajstić information content (AvgIpc) is 2.31. The summed E-state index contributed by atoms with van der Waals surface area (Å²) in [7, 11) is 0. The van der Waals surface area contributed by atoms with E-state index in [4.69, 9.17) is 0 Å². The van der Waals surface area contributed by atoms with E-state index in [0.29, 0.717) is 0 Å². The van der Waals surface area contributed by atoms with Gasteiger partial charge in [-0.3, -0.25) is 0 Å². The van der Waals surface area contributed by atoms with Gasteiger partial charge < -0.3 is 0 Å². The van der Waals surface area contributed by atoms with E-state index < -0.39 is 0 Å². The second kappa shape index (κ2) is 13.4. The van der Waals surface area contributed by atoms with Crippen molar-refractivity contribution in [2.45, 2.75) is 84.5 Å². The molecule has 0 saturated heterocycles. The molecule has 0 amide bonds. The van der Waals surface area contributed by atoms with Crippen LogP contribution in [-0.2, 0) is 0 Å². The van der Waals surface area contributed by atoms with Crippen LogP contribution in [0, 0.1) is 5.92 Å². The van der Waals surface area contributed by atoms with Gasteiger partial charge in [0.1, 0.15) is 0 Å². The van der Waals surface area contributed by atoms with Gasteiger partial charge in [0.05, 0.1) is 0 Å². The Bertz CT molecular complexity index is 123. The number of hydrogen-bond acceptors (Lipinski definition) is 1. The molecule has 0 rings (SSSR count). The number of thiol groups is 1. The van der Waals surface area contributed by atoms with E-state index in [-0.39, 0.29) is 0 Å². The minimum absolute atomic E-state index is 0.946. The van der Waals surface area contributed by atoms with Crippen LogP contribution >= 0.6 is 12.6 Å². The van der Waals surface area contributed by atoms with Crippen LogP contribution in [0.3, 0.4) is 0 Å². The zero-order chi connectivity index (χ0) is 12.1. The minimum Gasteiger partial charge on any atom is -0.179 e. The molecule has 0 N–H and O–H groups in total. The third kappa shape index (κ3) is 12.4. The predicted octanol–water partition coefficient (Wildman–Crippen LogP) is 5.86. The molecule has 0 nitrogen and oxygen atoms in total. The SMILES string of the molecule is CCC(C)CCCCCCCCCCCS. The summed E-state index contributed by atoms with van der Waals surface area (Å²) in [6.45, 7) is 4.68. The molecule has 0 saturated carbocycles. The highest BCUT2D eigenvalue weighted by Gasteiger charge is 1.98. The first-order valence-corrected chi connectivity index (χ1v) is 8.05. The van der Waals surface area contributed by atoms with Crippen molar-refractivity contribution in [2.75, 3.05) is 5.75 Å². The molecule has 1 heteroatoms. The molecule has 0 bridgehead atoms. The molecule has 0 radical (unpaired) electrons. The van der Waals surface area contributed by atoms with E-state index in [9.17, 15) is 0 Å². The number of unbranched alkanes of at least 4 members (excludes halogenated alkanes) is 8. The lowest BCUT2D eigenvalue weighted by Gasteiger charge is -2.07. The zero-order valence-corrected chi connectivity index (χ0v) is 12.4. The second-order valence-corrected chi connectivity index (χ2v) is 5.65. The van der Waals surface area contributed by atoms with Gasteiger partial charge in [0.2, 0.25) is 0 Å². The third-order valence-electron chi connectivity index (χ3n) is 3.55. The first kappa shape index (κ1) is 16.4. The topological polar surface area (TPSA) is 0 Å². The van der Waals surface area contributed by atoms with Crippen molar-refractivity contribution >= 4 is 12.6 Å². The van der Waals surface area contributed by atoms with Crippen LogP contribution < -0.4 is 0 Å². The summed E-state index contributed by atoms with van der Waals surface area (Å²) in [4.78, 5) is 0. The first-order chi connectivity index (χ1) is 7.81. The first-order valence-electron chi connectivity index (χ1n) is 7.42. The van der Waals surface area contributed by atoms with Crippen molar-refractivity contribution in [1.82, 2.24) is 0 Å². The maximum Gasteiger partial charge on any atom is -0.00979 e. The molecule has 1 unspecified atom stereocenters. The smallest absolute Gasteiger partial charge is 0.00979 e. The van der Waals surface area contributed by atoms with Crippen LogP contribution in [0.1, 0.15) is 84.5 Å². The van der Waals surface area contributed by atoms with Gasteiger partial charge in [0, 0.05) is 0 Å². The molecule has 16 heavy (non-hydrogen) atoms. The molecular weight excluding hydrogens is 212 g/mol. The Morgan fingerprint density at radius 1 is 0.750 bits per heavy atom. The molecule has 0 aromatic rings. The molecule has 98 valence electrons. The van der Waals surface area contributed by atoms with Crippen LogP contribution in [0.5, 0.6) is 0 Å². The van der Waals surface area contributed by atoms with E-state index in [2.05, 4.69) is 26.5 Å². The second-order valence-electron chi connectivity index (χ2n) is 5.21. The molecule has 0 spiro atoms. The van der Waals surface area contributed by atoms with Crippen LogP contribution in [-0.4, -0.2) is 5.75 Å². The lowest BCUT2D eigenvalue weighted by molar-refractivity contribution is 0.469. The van der Waals surface area contributed by atoms with Crippen molar-refractivity contribution in [3.63, 3.8) is 0 Å².